The molecule has 1 rings (SSSR count). The van der Waals surface area contributed by atoms with Crippen LogP contribution < -0.4 is 0 Å². The topological polar surface area (TPSA) is 29.5 Å². The fourth-order valence-corrected chi connectivity index (χ4v) is 1.43. The van der Waals surface area contributed by atoms with Gasteiger partial charge in [0.25, 0.3) is 0 Å². The first kappa shape index (κ1) is 10.8. The Morgan fingerprint density at radius 1 is 1.31 bits per heavy atom. The van der Waals surface area contributed by atoms with Crippen molar-refractivity contribution in [1.29, 1.82) is 0 Å². The fourth-order valence-electron chi connectivity index (χ4n) is 1.43. The second kappa shape index (κ2) is 4.28. The minimum absolute atomic E-state index is 0.0506. The third-order valence-electron chi connectivity index (χ3n) is 2.28. The Labute approximate surface area is 74.7 Å². The summed E-state index contributed by atoms with van der Waals surface area (Å²) in [4.78, 5) is 0. The molecule has 0 aromatic carbocycles. The summed E-state index contributed by atoms with van der Waals surface area (Å²) in [7, 11) is 0. The summed E-state index contributed by atoms with van der Waals surface area (Å²) in [5, 5.41) is 8.77. The maximum Gasteiger partial charge on any atom is 0.414 e. The van der Waals surface area contributed by atoms with E-state index in [0.717, 1.165) is 0 Å². The largest absolute Gasteiger partial charge is 0.414 e. The van der Waals surface area contributed by atoms with Crippen molar-refractivity contribution in [2.75, 3.05) is 13.2 Å². The number of halogens is 3. The lowest BCUT2D eigenvalue weighted by Crippen LogP contribution is -2.32. The number of alkyl halides is 3. The Balaban J connectivity index is 2.30. The SMILES string of the molecule is O[C@@H](CC1CCOCC1)C(F)(F)F. The molecule has 0 spiro atoms. The third kappa shape index (κ3) is 3.52. The molecule has 1 aliphatic rings. The molecule has 1 N–H and O–H groups in total. The zero-order valence-corrected chi connectivity index (χ0v) is 7.18. The molecule has 1 heterocycles. The highest BCUT2D eigenvalue weighted by atomic mass is 19.4. The van der Waals surface area contributed by atoms with Gasteiger partial charge in [0.05, 0.1) is 0 Å². The van der Waals surface area contributed by atoms with Gasteiger partial charge >= 0.3 is 6.18 Å². The van der Waals surface area contributed by atoms with Crippen molar-refractivity contribution in [3.63, 3.8) is 0 Å². The van der Waals surface area contributed by atoms with Crippen LogP contribution >= 0.6 is 0 Å². The van der Waals surface area contributed by atoms with Crippen molar-refractivity contribution in [3.8, 4) is 0 Å². The van der Waals surface area contributed by atoms with E-state index in [4.69, 9.17) is 9.84 Å². The van der Waals surface area contributed by atoms with Gasteiger partial charge < -0.3 is 9.84 Å². The van der Waals surface area contributed by atoms with Gasteiger partial charge in [-0.2, -0.15) is 13.2 Å². The van der Waals surface area contributed by atoms with Crippen LogP contribution in [0.25, 0.3) is 0 Å². The van der Waals surface area contributed by atoms with Crippen molar-refractivity contribution < 1.29 is 23.0 Å². The fraction of sp³-hybridized carbons (Fsp3) is 1.00. The Kier molecular flexibility index (Phi) is 3.55. The average Bonchev–Trinajstić information content (AvgIpc) is 2.04. The van der Waals surface area contributed by atoms with Gasteiger partial charge in [0.15, 0.2) is 0 Å². The van der Waals surface area contributed by atoms with Gasteiger partial charge in [-0.3, -0.25) is 0 Å². The van der Waals surface area contributed by atoms with Crippen LogP contribution in [0.3, 0.4) is 0 Å². The Morgan fingerprint density at radius 2 is 1.85 bits per heavy atom. The van der Waals surface area contributed by atoms with Gasteiger partial charge in [0, 0.05) is 13.2 Å². The van der Waals surface area contributed by atoms with E-state index in [0.29, 0.717) is 26.1 Å². The smallest absolute Gasteiger partial charge is 0.384 e. The summed E-state index contributed by atoms with van der Waals surface area (Å²) in [5.74, 6) is -0.0506. The van der Waals surface area contributed by atoms with Crippen LogP contribution in [0.1, 0.15) is 19.3 Å². The van der Waals surface area contributed by atoms with Crippen LogP contribution in [-0.4, -0.2) is 30.6 Å². The average molecular weight is 198 g/mol. The molecule has 1 fully saturated rings. The molecule has 1 aliphatic heterocycles. The summed E-state index contributed by atoms with van der Waals surface area (Å²) in [6.07, 6.45) is -5.60. The molecular weight excluding hydrogens is 185 g/mol. The molecule has 0 amide bonds. The highest BCUT2D eigenvalue weighted by molar-refractivity contribution is 4.72. The molecule has 78 valence electrons. The number of aliphatic hydroxyl groups excluding tert-OH is 1. The van der Waals surface area contributed by atoms with Gasteiger partial charge in [0.2, 0.25) is 0 Å². The monoisotopic (exact) mass is 198 g/mol. The molecule has 0 aromatic heterocycles. The van der Waals surface area contributed by atoms with E-state index >= 15 is 0 Å². The summed E-state index contributed by atoms with van der Waals surface area (Å²) < 4.78 is 40.8. The zero-order chi connectivity index (χ0) is 9.90. The highest BCUT2D eigenvalue weighted by Crippen LogP contribution is 2.28. The van der Waals surface area contributed by atoms with Gasteiger partial charge in [-0.05, 0) is 25.2 Å². The summed E-state index contributed by atoms with van der Waals surface area (Å²) >= 11 is 0. The first-order valence-electron chi connectivity index (χ1n) is 4.32. The molecule has 2 nitrogen and oxygen atoms in total. The van der Waals surface area contributed by atoms with Gasteiger partial charge in [-0.15, -0.1) is 0 Å². The molecular formula is C8H13F3O2. The molecule has 1 saturated heterocycles. The summed E-state index contributed by atoms with van der Waals surface area (Å²) in [6, 6.07) is 0. The van der Waals surface area contributed by atoms with Crippen LogP contribution in [0.2, 0.25) is 0 Å². The van der Waals surface area contributed by atoms with E-state index in [9.17, 15) is 13.2 Å². The lowest BCUT2D eigenvalue weighted by Gasteiger charge is -2.25. The van der Waals surface area contributed by atoms with Crippen molar-refractivity contribution in [2.24, 2.45) is 5.92 Å². The lowest BCUT2D eigenvalue weighted by atomic mass is 9.93. The molecule has 5 heteroatoms. The minimum atomic E-state index is -4.47. The van der Waals surface area contributed by atoms with Crippen LogP contribution in [-0.2, 0) is 4.74 Å². The number of hydrogen-bond acceptors (Lipinski definition) is 2. The van der Waals surface area contributed by atoms with Crippen molar-refractivity contribution in [1.82, 2.24) is 0 Å². The van der Waals surface area contributed by atoms with Gasteiger partial charge in [0.1, 0.15) is 6.10 Å². The van der Waals surface area contributed by atoms with Crippen LogP contribution in [0, 0.1) is 5.92 Å². The van der Waals surface area contributed by atoms with E-state index in [1.165, 1.54) is 0 Å². The Morgan fingerprint density at radius 3 is 2.31 bits per heavy atom. The van der Waals surface area contributed by atoms with E-state index in [1.54, 1.807) is 0 Å². The lowest BCUT2D eigenvalue weighted by molar-refractivity contribution is -0.209. The quantitative estimate of drug-likeness (QED) is 0.732. The molecule has 0 aromatic rings. The Hall–Kier alpha value is -0.290. The van der Waals surface area contributed by atoms with E-state index in [1.807, 2.05) is 0 Å². The normalized spacial score (nSPS) is 23.1. The van der Waals surface area contributed by atoms with E-state index < -0.39 is 12.3 Å². The van der Waals surface area contributed by atoms with Crippen molar-refractivity contribution in [2.45, 2.75) is 31.5 Å². The van der Waals surface area contributed by atoms with Crippen LogP contribution in [0.4, 0.5) is 13.2 Å². The van der Waals surface area contributed by atoms with Crippen molar-refractivity contribution >= 4 is 0 Å². The maximum atomic E-state index is 11.9. The zero-order valence-electron chi connectivity index (χ0n) is 7.18. The second-order valence-corrected chi connectivity index (χ2v) is 3.35. The first-order chi connectivity index (χ1) is 6.00. The van der Waals surface area contributed by atoms with Crippen LogP contribution in [0.5, 0.6) is 0 Å². The Bertz CT molecular complexity index is 152. The van der Waals surface area contributed by atoms with Crippen LogP contribution in [0.15, 0.2) is 0 Å². The minimum Gasteiger partial charge on any atom is -0.384 e. The first-order valence-corrected chi connectivity index (χ1v) is 4.32. The molecule has 0 unspecified atom stereocenters. The third-order valence-corrected chi connectivity index (χ3v) is 2.28. The van der Waals surface area contributed by atoms with E-state index in [2.05, 4.69) is 0 Å². The highest BCUT2D eigenvalue weighted by Gasteiger charge is 2.39. The summed E-state index contributed by atoms with van der Waals surface area (Å²) in [5.41, 5.74) is 0. The number of rotatable bonds is 2. The second-order valence-electron chi connectivity index (χ2n) is 3.35. The van der Waals surface area contributed by atoms with Gasteiger partial charge in [-0.25, -0.2) is 0 Å². The molecule has 0 bridgehead atoms. The molecule has 0 aliphatic carbocycles. The van der Waals surface area contributed by atoms with Crippen molar-refractivity contribution in [3.05, 3.63) is 0 Å². The molecule has 13 heavy (non-hydrogen) atoms. The number of ether oxygens (including phenoxy) is 1. The molecule has 0 radical (unpaired) electrons. The number of hydrogen-bond donors (Lipinski definition) is 1. The molecule has 1 atom stereocenters. The maximum absolute atomic E-state index is 11.9. The predicted molar refractivity (Wildman–Crippen MR) is 40.2 cm³/mol. The number of aliphatic hydroxyl groups is 1. The summed E-state index contributed by atoms with van der Waals surface area (Å²) in [6.45, 7) is 1.02. The standard InChI is InChI=1S/C8H13F3O2/c9-8(10,11)7(12)5-6-1-3-13-4-2-6/h6-7,12H,1-5H2/t7-/m0/s1. The van der Waals surface area contributed by atoms with Gasteiger partial charge in [-0.1, -0.05) is 0 Å². The predicted octanol–water partition coefficient (Wildman–Crippen LogP) is 1.73. The molecule has 0 saturated carbocycles. The van der Waals surface area contributed by atoms with E-state index in [-0.39, 0.29) is 12.3 Å².